The van der Waals surface area contributed by atoms with Gasteiger partial charge in [0, 0.05) is 6.42 Å². The first-order chi connectivity index (χ1) is 29.9. The summed E-state index contributed by atoms with van der Waals surface area (Å²) in [5.74, 6) is -0.212. The Kier molecular flexibility index (Phi) is 40.2. The third-order valence-electron chi connectivity index (χ3n) is 11.4. The molecule has 61 heavy (non-hydrogen) atoms. The van der Waals surface area contributed by atoms with Crippen LogP contribution in [0, 0.1) is 0 Å². The lowest BCUT2D eigenvalue weighted by Gasteiger charge is -2.41. The van der Waals surface area contributed by atoms with Crippen LogP contribution in [0.2, 0.25) is 0 Å². The molecule has 0 spiro atoms. The number of nitrogens with one attached hydrogen (secondary N) is 1. The second-order valence-corrected chi connectivity index (χ2v) is 17.3. The van der Waals surface area contributed by atoms with E-state index >= 15 is 0 Å². The minimum atomic E-state index is -1.55. The maximum atomic E-state index is 13.1. The van der Waals surface area contributed by atoms with Crippen molar-refractivity contribution in [3.8, 4) is 0 Å². The predicted octanol–water partition coefficient (Wildman–Crippen LogP) is 11.1. The van der Waals surface area contributed by atoms with Crippen molar-refractivity contribution in [3.05, 3.63) is 36.5 Å². The molecule has 0 saturated carbocycles. The van der Waals surface area contributed by atoms with E-state index in [9.17, 15) is 25.2 Å². The van der Waals surface area contributed by atoms with E-state index in [1.807, 2.05) is 6.08 Å². The first-order valence-corrected chi connectivity index (χ1v) is 25.0. The summed E-state index contributed by atoms with van der Waals surface area (Å²) in [6.45, 7) is 3.67. The number of rotatable bonds is 43. The summed E-state index contributed by atoms with van der Waals surface area (Å²) in [6, 6.07) is -0.852. The molecule has 13 heteroatoms. The quantitative estimate of drug-likeness (QED) is 0.0112. The van der Waals surface area contributed by atoms with Gasteiger partial charge in [0.25, 0.3) is 0 Å². The average molecular weight is 888 g/mol. The van der Waals surface area contributed by atoms with Crippen LogP contribution >= 0.6 is 12.3 Å². The van der Waals surface area contributed by atoms with Crippen molar-refractivity contribution in [2.75, 3.05) is 13.2 Å². The van der Waals surface area contributed by atoms with Gasteiger partial charge >= 0.3 is 0 Å². The first kappa shape index (κ1) is 57.7. The van der Waals surface area contributed by atoms with Gasteiger partial charge in [0.15, 0.2) is 18.6 Å². The van der Waals surface area contributed by atoms with E-state index in [0.29, 0.717) is 6.42 Å². The first-order valence-electron chi connectivity index (χ1n) is 24.4. The van der Waals surface area contributed by atoms with Crippen LogP contribution in [0.1, 0.15) is 206 Å². The van der Waals surface area contributed by atoms with Gasteiger partial charge in [-0.2, -0.15) is 0 Å². The van der Waals surface area contributed by atoms with Gasteiger partial charge in [-0.15, -0.1) is 4.33 Å². The molecule has 0 aromatic rings. The fourth-order valence-corrected chi connectivity index (χ4v) is 7.91. The monoisotopic (exact) mass is 888 g/mol. The van der Waals surface area contributed by atoms with Gasteiger partial charge in [0.2, 0.25) is 5.91 Å². The van der Waals surface area contributed by atoms with Gasteiger partial charge in [-0.1, -0.05) is 190 Å². The van der Waals surface area contributed by atoms with Crippen LogP contribution < -0.4 is 5.32 Å². The molecule has 1 rings (SSSR count). The normalized spacial score (nSPS) is 20.7. The molecular formula is C48H89NO11S. The Labute approximate surface area is 374 Å². The Bertz CT molecular complexity index is 1070. The molecule has 5 unspecified atom stereocenters. The number of aliphatic hydroxyl groups excluding tert-OH is 4. The Balaban J connectivity index is 2.45. The van der Waals surface area contributed by atoms with Crippen molar-refractivity contribution in [2.24, 2.45) is 0 Å². The maximum absolute atomic E-state index is 13.1. The fraction of sp³-hybridized carbons (Fsp3) is 0.854. The van der Waals surface area contributed by atoms with Crippen LogP contribution in [0.5, 0.6) is 0 Å². The van der Waals surface area contributed by atoms with E-state index in [2.05, 4.69) is 52.8 Å². The van der Waals surface area contributed by atoms with Crippen molar-refractivity contribution >= 4 is 18.2 Å². The second-order valence-electron chi connectivity index (χ2n) is 16.8. The van der Waals surface area contributed by atoms with E-state index in [4.69, 9.17) is 18.9 Å². The molecular weight excluding hydrogens is 799 g/mol. The molecule has 7 atom stereocenters. The lowest BCUT2D eigenvalue weighted by atomic mass is 9.99. The summed E-state index contributed by atoms with van der Waals surface area (Å²) in [6.07, 6.45) is 40.1. The van der Waals surface area contributed by atoms with Crippen molar-refractivity contribution in [1.29, 1.82) is 0 Å². The maximum Gasteiger partial charge on any atom is 0.220 e. The zero-order valence-electron chi connectivity index (χ0n) is 38.2. The summed E-state index contributed by atoms with van der Waals surface area (Å²) in [5.41, 5.74) is 0. The number of unbranched alkanes of at least 4 members (excludes halogenated alkanes) is 25. The molecule has 0 aromatic carbocycles. The lowest BCUT2D eigenvalue weighted by molar-refractivity contribution is -0.435. The van der Waals surface area contributed by atoms with E-state index in [-0.39, 0.29) is 24.8 Å². The van der Waals surface area contributed by atoms with E-state index in [1.165, 1.54) is 122 Å². The number of hydrogen-bond acceptors (Lipinski definition) is 12. The van der Waals surface area contributed by atoms with Crippen LogP contribution in [-0.2, 0) is 27.8 Å². The highest BCUT2D eigenvalue weighted by Crippen LogP contribution is 2.28. The number of aliphatic hydroxyl groups is 4. The largest absolute Gasteiger partial charge is 0.394 e. The highest BCUT2D eigenvalue weighted by molar-refractivity contribution is 7.89. The molecule has 0 bridgehead atoms. The third-order valence-corrected chi connectivity index (χ3v) is 11.8. The molecule has 1 heterocycles. The van der Waals surface area contributed by atoms with Crippen LogP contribution in [-0.4, -0.2) is 87.7 Å². The molecule has 1 fully saturated rings. The van der Waals surface area contributed by atoms with Crippen LogP contribution in [0.4, 0.5) is 0 Å². The summed E-state index contributed by atoms with van der Waals surface area (Å²) in [4.78, 5) is 13.1. The third kappa shape index (κ3) is 32.0. The van der Waals surface area contributed by atoms with Crippen LogP contribution in [0.25, 0.3) is 0 Å². The summed E-state index contributed by atoms with van der Waals surface area (Å²) >= 11 is 0.169. The summed E-state index contributed by atoms with van der Waals surface area (Å²) in [7, 11) is 0. The molecule has 0 aliphatic carbocycles. The standard InChI is InChI=1S/C48H89NO11S/c1-3-5-7-9-11-13-15-17-18-19-20-21-22-23-24-26-28-30-32-34-36-38-44(52)49-41(42(51)37-35-33-31-29-27-25-16-14-12-10-8-6-4-2)40-56-48-46(54)47(58-61-60-59-55)45(53)43(39-50)57-48/h19-20,22-23,35,37,41-43,45-48,50-51,53-55H,3-18,21,24-34,36,38-40H2,1-2H3,(H,49,52)/t41-,42+,43?,45?,46?,47?,48?/m0/s1. The molecule has 358 valence electrons. The molecule has 1 aliphatic rings. The van der Waals surface area contributed by atoms with Gasteiger partial charge in [0.05, 0.1) is 25.4 Å². The minimum absolute atomic E-state index is 0.169. The van der Waals surface area contributed by atoms with E-state index in [0.717, 1.165) is 64.2 Å². The zero-order chi connectivity index (χ0) is 44.4. The van der Waals surface area contributed by atoms with Crippen molar-refractivity contribution in [2.45, 2.75) is 249 Å². The number of ether oxygens (including phenoxy) is 2. The number of amides is 1. The van der Waals surface area contributed by atoms with Crippen LogP contribution in [0.15, 0.2) is 36.5 Å². The predicted molar refractivity (Wildman–Crippen MR) is 246 cm³/mol. The smallest absolute Gasteiger partial charge is 0.220 e. The Hall–Kier alpha value is -1.36. The topological polar surface area (TPSA) is 176 Å². The van der Waals surface area contributed by atoms with Crippen molar-refractivity contribution in [3.63, 3.8) is 0 Å². The zero-order valence-corrected chi connectivity index (χ0v) is 39.0. The number of carbonyl (C=O) groups is 1. The highest BCUT2D eigenvalue weighted by atomic mass is 32.2. The minimum Gasteiger partial charge on any atom is -0.394 e. The molecule has 1 aliphatic heterocycles. The second kappa shape index (κ2) is 42.6. The molecule has 12 nitrogen and oxygen atoms in total. The lowest BCUT2D eigenvalue weighted by Crippen LogP contribution is -2.60. The highest BCUT2D eigenvalue weighted by Gasteiger charge is 2.46. The van der Waals surface area contributed by atoms with E-state index < -0.39 is 49.5 Å². The molecule has 0 radical (unpaired) electrons. The fourth-order valence-electron chi connectivity index (χ4n) is 7.54. The number of hydrogen-bond donors (Lipinski definition) is 6. The van der Waals surface area contributed by atoms with Gasteiger partial charge in [0.1, 0.15) is 24.4 Å². The SMILES string of the molecule is CCCCCCCCCCC=CCC=CCCCCCCCCC(=O)N[C@@H](COC1OC(CO)C(O)C(OSOOO)C1O)[C@H](O)C=CCCCCCCCCCCCCC. The average Bonchev–Trinajstić information content (AvgIpc) is 3.26. The van der Waals surface area contributed by atoms with Crippen LogP contribution in [0.3, 0.4) is 0 Å². The van der Waals surface area contributed by atoms with Gasteiger partial charge in [-0.25, -0.2) is 5.26 Å². The molecule has 0 aromatic heterocycles. The van der Waals surface area contributed by atoms with Crippen molar-refractivity contribution < 1.29 is 53.5 Å². The molecule has 6 N–H and O–H groups in total. The van der Waals surface area contributed by atoms with Gasteiger partial charge < -0.3 is 35.2 Å². The summed E-state index contributed by atoms with van der Waals surface area (Å²) < 4.78 is 20.8. The molecule has 1 saturated heterocycles. The summed E-state index contributed by atoms with van der Waals surface area (Å²) in [5, 5.41) is 57.1. The Morgan fingerprint density at radius 2 is 1.15 bits per heavy atom. The number of carbonyl (C=O) groups excluding carboxylic acids is 1. The van der Waals surface area contributed by atoms with Crippen molar-refractivity contribution in [1.82, 2.24) is 5.32 Å². The Morgan fingerprint density at radius 3 is 1.64 bits per heavy atom. The van der Waals surface area contributed by atoms with E-state index in [1.54, 1.807) is 6.08 Å². The molecule has 1 amide bonds. The Morgan fingerprint density at radius 1 is 0.672 bits per heavy atom. The van der Waals surface area contributed by atoms with Gasteiger partial charge in [-0.3, -0.25) is 8.98 Å². The number of allylic oxidation sites excluding steroid dienone is 5. The van der Waals surface area contributed by atoms with Gasteiger partial charge in [-0.05, 0) is 51.4 Å².